The molecule has 0 fully saturated rings. The third kappa shape index (κ3) is 3.07. The van der Waals surface area contributed by atoms with Crippen molar-refractivity contribution < 1.29 is 4.39 Å². The van der Waals surface area contributed by atoms with Crippen LogP contribution in [0, 0.1) is 12.7 Å². The molecule has 1 heterocycles. The van der Waals surface area contributed by atoms with E-state index in [4.69, 9.17) is 5.73 Å². The van der Waals surface area contributed by atoms with Crippen LogP contribution in [0.3, 0.4) is 0 Å². The van der Waals surface area contributed by atoms with Gasteiger partial charge < -0.3 is 5.73 Å². The zero-order valence-electron chi connectivity index (χ0n) is 10.2. The molecular weight excluding hydrogens is 231 g/mol. The lowest BCUT2D eigenvalue weighted by Crippen LogP contribution is -2.10. The lowest BCUT2D eigenvalue weighted by Gasteiger charge is -2.04. The van der Waals surface area contributed by atoms with Crippen LogP contribution in [0.2, 0.25) is 0 Å². The summed E-state index contributed by atoms with van der Waals surface area (Å²) in [6.45, 7) is 2.09. The third-order valence-corrected chi connectivity index (χ3v) is 2.60. The summed E-state index contributed by atoms with van der Waals surface area (Å²) in [5, 5.41) is 0. The van der Waals surface area contributed by atoms with Crippen LogP contribution in [-0.2, 0) is 19.4 Å². The molecule has 0 bridgehead atoms. The first-order valence-electron chi connectivity index (χ1n) is 5.83. The first kappa shape index (κ1) is 12.6. The Morgan fingerprint density at radius 3 is 2.50 bits per heavy atom. The molecular formula is C13H15FN4. The summed E-state index contributed by atoms with van der Waals surface area (Å²) in [4.78, 5) is 12.6. The van der Waals surface area contributed by atoms with Gasteiger partial charge in [0, 0.05) is 6.42 Å². The number of hydrogen-bond acceptors (Lipinski definition) is 4. The summed E-state index contributed by atoms with van der Waals surface area (Å²) in [6.07, 6.45) is 1.15. The number of aryl methyl sites for hydroxylation is 3. The standard InChI is InChI=1S/C13H15FN4/c1-9-16-12(18-13(8-15)17-9)7-6-10-4-2-3-5-11(10)14/h2-5H,6-8,15H2,1H3. The van der Waals surface area contributed by atoms with Gasteiger partial charge in [0.25, 0.3) is 0 Å². The van der Waals surface area contributed by atoms with Crippen molar-refractivity contribution in [3.63, 3.8) is 0 Å². The van der Waals surface area contributed by atoms with E-state index in [1.807, 2.05) is 6.07 Å². The highest BCUT2D eigenvalue weighted by molar-refractivity contribution is 5.18. The van der Waals surface area contributed by atoms with Gasteiger partial charge in [-0.1, -0.05) is 18.2 Å². The molecule has 0 unspecified atom stereocenters. The van der Waals surface area contributed by atoms with Crippen molar-refractivity contribution in [2.75, 3.05) is 0 Å². The first-order valence-corrected chi connectivity index (χ1v) is 5.83. The molecule has 0 saturated heterocycles. The van der Waals surface area contributed by atoms with Crippen molar-refractivity contribution in [1.29, 1.82) is 0 Å². The van der Waals surface area contributed by atoms with E-state index in [9.17, 15) is 4.39 Å². The van der Waals surface area contributed by atoms with Crippen LogP contribution in [0.5, 0.6) is 0 Å². The Hall–Kier alpha value is -1.88. The molecule has 0 aliphatic rings. The van der Waals surface area contributed by atoms with Gasteiger partial charge in [0.2, 0.25) is 0 Å². The lowest BCUT2D eigenvalue weighted by molar-refractivity contribution is 0.606. The molecule has 5 heteroatoms. The van der Waals surface area contributed by atoms with Crippen LogP contribution in [0.1, 0.15) is 23.0 Å². The van der Waals surface area contributed by atoms with Crippen LogP contribution in [0.4, 0.5) is 4.39 Å². The number of nitrogens with zero attached hydrogens (tertiary/aromatic N) is 3. The quantitative estimate of drug-likeness (QED) is 0.889. The van der Waals surface area contributed by atoms with Crippen LogP contribution in [-0.4, -0.2) is 15.0 Å². The second kappa shape index (κ2) is 5.64. The molecule has 0 amide bonds. The molecule has 2 aromatic rings. The van der Waals surface area contributed by atoms with Gasteiger partial charge in [-0.2, -0.15) is 0 Å². The van der Waals surface area contributed by atoms with E-state index in [-0.39, 0.29) is 12.4 Å². The minimum Gasteiger partial charge on any atom is -0.324 e. The number of halogens is 1. The van der Waals surface area contributed by atoms with Crippen molar-refractivity contribution >= 4 is 0 Å². The Bertz CT molecular complexity index is 542. The fourth-order valence-corrected chi connectivity index (χ4v) is 1.75. The van der Waals surface area contributed by atoms with E-state index < -0.39 is 0 Å². The highest BCUT2D eigenvalue weighted by atomic mass is 19.1. The molecule has 0 aliphatic carbocycles. The van der Waals surface area contributed by atoms with E-state index in [1.165, 1.54) is 6.07 Å². The SMILES string of the molecule is Cc1nc(CN)nc(CCc2ccccc2F)n1. The molecule has 0 aliphatic heterocycles. The molecule has 0 atom stereocenters. The Labute approximate surface area is 105 Å². The van der Waals surface area contributed by atoms with Gasteiger partial charge in [0.05, 0.1) is 6.54 Å². The number of rotatable bonds is 4. The van der Waals surface area contributed by atoms with Crippen LogP contribution < -0.4 is 5.73 Å². The monoisotopic (exact) mass is 246 g/mol. The topological polar surface area (TPSA) is 64.7 Å². The van der Waals surface area contributed by atoms with Crippen LogP contribution >= 0.6 is 0 Å². The molecule has 0 spiro atoms. The summed E-state index contributed by atoms with van der Waals surface area (Å²) in [5.74, 6) is 1.69. The second-order valence-electron chi connectivity index (χ2n) is 4.01. The molecule has 0 saturated carbocycles. The highest BCUT2D eigenvalue weighted by Crippen LogP contribution is 2.09. The van der Waals surface area contributed by atoms with Gasteiger partial charge in [-0.25, -0.2) is 19.3 Å². The molecule has 2 N–H and O–H groups in total. The zero-order chi connectivity index (χ0) is 13.0. The van der Waals surface area contributed by atoms with Crippen molar-refractivity contribution in [3.8, 4) is 0 Å². The van der Waals surface area contributed by atoms with Gasteiger partial charge in [-0.05, 0) is 25.0 Å². The minimum atomic E-state index is -0.192. The lowest BCUT2D eigenvalue weighted by atomic mass is 10.1. The fraction of sp³-hybridized carbons (Fsp3) is 0.308. The molecule has 1 aromatic carbocycles. The van der Waals surface area contributed by atoms with Gasteiger partial charge in [0.15, 0.2) is 0 Å². The molecule has 1 aromatic heterocycles. The Morgan fingerprint density at radius 2 is 1.78 bits per heavy atom. The highest BCUT2D eigenvalue weighted by Gasteiger charge is 2.05. The Balaban J connectivity index is 2.11. The maximum Gasteiger partial charge on any atom is 0.146 e. The van der Waals surface area contributed by atoms with Gasteiger partial charge in [-0.3, -0.25) is 0 Å². The third-order valence-electron chi connectivity index (χ3n) is 2.60. The van der Waals surface area contributed by atoms with Crippen molar-refractivity contribution in [2.24, 2.45) is 5.73 Å². The summed E-state index contributed by atoms with van der Waals surface area (Å²) >= 11 is 0. The number of benzene rings is 1. The normalized spacial score (nSPS) is 10.6. The molecule has 4 nitrogen and oxygen atoms in total. The fourth-order valence-electron chi connectivity index (χ4n) is 1.75. The van der Waals surface area contributed by atoms with Crippen molar-refractivity contribution in [1.82, 2.24) is 15.0 Å². The van der Waals surface area contributed by atoms with E-state index in [0.29, 0.717) is 35.9 Å². The molecule has 18 heavy (non-hydrogen) atoms. The molecule has 94 valence electrons. The van der Waals surface area contributed by atoms with Gasteiger partial charge >= 0.3 is 0 Å². The predicted molar refractivity (Wildman–Crippen MR) is 66.3 cm³/mol. The summed E-state index contributed by atoms with van der Waals surface area (Å²) in [5.41, 5.74) is 6.18. The first-order chi connectivity index (χ1) is 8.69. The van der Waals surface area contributed by atoms with E-state index in [1.54, 1.807) is 19.1 Å². The molecule has 0 radical (unpaired) electrons. The van der Waals surface area contributed by atoms with E-state index in [0.717, 1.165) is 0 Å². The Kier molecular flexibility index (Phi) is 3.94. The van der Waals surface area contributed by atoms with Crippen molar-refractivity contribution in [2.45, 2.75) is 26.3 Å². The van der Waals surface area contributed by atoms with E-state index >= 15 is 0 Å². The summed E-state index contributed by atoms with van der Waals surface area (Å²) in [6, 6.07) is 6.73. The zero-order valence-corrected chi connectivity index (χ0v) is 10.2. The van der Waals surface area contributed by atoms with Crippen molar-refractivity contribution in [3.05, 3.63) is 53.1 Å². The molecule has 2 rings (SSSR count). The number of nitrogens with two attached hydrogens (primary N) is 1. The summed E-state index contributed by atoms with van der Waals surface area (Å²) in [7, 11) is 0. The van der Waals surface area contributed by atoms with Crippen LogP contribution in [0.25, 0.3) is 0 Å². The second-order valence-corrected chi connectivity index (χ2v) is 4.01. The Morgan fingerprint density at radius 1 is 1.06 bits per heavy atom. The minimum absolute atomic E-state index is 0.192. The summed E-state index contributed by atoms with van der Waals surface area (Å²) < 4.78 is 13.4. The van der Waals surface area contributed by atoms with Crippen LogP contribution in [0.15, 0.2) is 24.3 Å². The van der Waals surface area contributed by atoms with E-state index in [2.05, 4.69) is 15.0 Å². The smallest absolute Gasteiger partial charge is 0.146 e. The maximum atomic E-state index is 13.4. The van der Waals surface area contributed by atoms with Gasteiger partial charge in [-0.15, -0.1) is 0 Å². The number of hydrogen-bond donors (Lipinski definition) is 1. The average Bonchev–Trinajstić information content (AvgIpc) is 2.37. The largest absolute Gasteiger partial charge is 0.324 e. The number of aromatic nitrogens is 3. The average molecular weight is 246 g/mol. The maximum absolute atomic E-state index is 13.4. The predicted octanol–water partition coefficient (Wildman–Crippen LogP) is 1.56. The van der Waals surface area contributed by atoms with Gasteiger partial charge in [0.1, 0.15) is 23.3 Å².